The molecule has 21 heavy (non-hydrogen) atoms. The van der Waals surface area contributed by atoms with Crippen LogP contribution in [-0.4, -0.2) is 11.8 Å². The molecule has 0 aromatic heterocycles. The topological polar surface area (TPSA) is 43.1 Å². The van der Waals surface area contributed by atoms with Crippen molar-refractivity contribution in [3.8, 4) is 0 Å². The van der Waals surface area contributed by atoms with Gasteiger partial charge in [0.2, 0.25) is 0 Å². The number of ketones is 1. The average Bonchev–Trinajstić information content (AvgIpc) is 2.76. The molecule has 0 aliphatic heterocycles. The molecule has 0 aromatic carbocycles. The van der Waals surface area contributed by atoms with Crippen molar-refractivity contribution in [1.29, 1.82) is 0 Å². The molecule has 3 fully saturated rings. The van der Waals surface area contributed by atoms with Gasteiger partial charge in [0.15, 0.2) is 0 Å². The van der Waals surface area contributed by atoms with Gasteiger partial charge in [-0.05, 0) is 49.9 Å². The van der Waals surface area contributed by atoms with Crippen molar-refractivity contribution < 1.29 is 4.79 Å². The number of carbonyl (C=O) groups is 1. The third-order valence-electron chi connectivity index (χ3n) is 7.41. The van der Waals surface area contributed by atoms with E-state index in [1.54, 1.807) is 5.57 Å². The summed E-state index contributed by atoms with van der Waals surface area (Å²) in [5.41, 5.74) is 7.84. The van der Waals surface area contributed by atoms with Crippen molar-refractivity contribution in [3.63, 3.8) is 0 Å². The molecular formula is C19H27NO. The average molecular weight is 285 g/mol. The number of hydrogen-bond donors (Lipinski definition) is 1. The minimum absolute atomic E-state index is 0.00642. The van der Waals surface area contributed by atoms with Crippen molar-refractivity contribution in [3.05, 3.63) is 23.8 Å². The SMILES string of the molecule is C[C@]12C=CC(N)C=C1CC[C@@H]1[C@H]2CC[C@]2(C)C(=O)CC[C@@H]12. The van der Waals surface area contributed by atoms with Gasteiger partial charge in [-0.3, -0.25) is 4.79 Å². The highest BCUT2D eigenvalue weighted by atomic mass is 16.1. The fraction of sp³-hybridized carbons (Fsp3) is 0.737. The molecule has 1 unspecified atom stereocenters. The summed E-state index contributed by atoms with van der Waals surface area (Å²) in [6, 6.07) is 0.103. The van der Waals surface area contributed by atoms with E-state index >= 15 is 0 Å². The zero-order chi connectivity index (χ0) is 14.8. The smallest absolute Gasteiger partial charge is 0.139 e. The zero-order valence-corrected chi connectivity index (χ0v) is 13.3. The standard InChI is InChI=1S/C19H27NO/c1-18-9-7-13(20)11-12(18)3-4-14-15-5-6-17(21)19(15,2)10-8-16(14)18/h7,9,11,13-16H,3-6,8,10,20H2,1-2H3/t13?,14-,15-,16+,18-,19-/m0/s1. The van der Waals surface area contributed by atoms with Gasteiger partial charge in [-0.15, -0.1) is 0 Å². The molecule has 4 aliphatic carbocycles. The van der Waals surface area contributed by atoms with Gasteiger partial charge in [-0.25, -0.2) is 0 Å². The van der Waals surface area contributed by atoms with E-state index in [9.17, 15) is 4.79 Å². The van der Waals surface area contributed by atoms with Gasteiger partial charge in [-0.2, -0.15) is 0 Å². The molecule has 0 spiro atoms. The summed E-state index contributed by atoms with van der Waals surface area (Å²) in [6.45, 7) is 4.67. The first-order valence-corrected chi connectivity index (χ1v) is 8.64. The Balaban J connectivity index is 1.70. The molecule has 6 atom stereocenters. The van der Waals surface area contributed by atoms with Gasteiger partial charge in [-0.1, -0.05) is 37.6 Å². The van der Waals surface area contributed by atoms with E-state index in [-0.39, 0.29) is 16.9 Å². The molecule has 0 amide bonds. The van der Waals surface area contributed by atoms with Crippen molar-refractivity contribution in [2.75, 3.05) is 0 Å². The molecule has 2 N–H and O–H groups in total. The Morgan fingerprint density at radius 3 is 2.76 bits per heavy atom. The zero-order valence-electron chi connectivity index (χ0n) is 13.3. The summed E-state index contributed by atoms with van der Waals surface area (Å²) in [7, 11) is 0. The molecule has 4 rings (SSSR count). The molecule has 0 saturated heterocycles. The lowest BCUT2D eigenvalue weighted by Gasteiger charge is -2.56. The number of rotatable bonds is 0. The maximum absolute atomic E-state index is 12.4. The summed E-state index contributed by atoms with van der Waals surface area (Å²) >= 11 is 0. The molecule has 0 aromatic rings. The van der Waals surface area contributed by atoms with Crippen LogP contribution in [0.15, 0.2) is 23.8 Å². The molecule has 2 nitrogen and oxygen atoms in total. The van der Waals surface area contributed by atoms with Crippen molar-refractivity contribution >= 4 is 5.78 Å². The summed E-state index contributed by atoms with van der Waals surface area (Å²) < 4.78 is 0. The van der Waals surface area contributed by atoms with Gasteiger partial charge in [0.25, 0.3) is 0 Å². The predicted octanol–water partition coefficient (Wildman–Crippen LogP) is 3.62. The minimum Gasteiger partial charge on any atom is -0.321 e. The highest BCUT2D eigenvalue weighted by Crippen LogP contribution is 2.63. The first kappa shape index (κ1) is 13.8. The summed E-state index contributed by atoms with van der Waals surface area (Å²) in [5, 5.41) is 0. The van der Waals surface area contributed by atoms with Crippen LogP contribution in [0.25, 0.3) is 0 Å². The maximum atomic E-state index is 12.4. The van der Waals surface area contributed by atoms with Gasteiger partial charge < -0.3 is 5.73 Å². The van der Waals surface area contributed by atoms with E-state index in [1.165, 1.54) is 19.3 Å². The number of nitrogens with two attached hydrogens (primary N) is 1. The van der Waals surface area contributed by atoms with Gasteiger partial charge in [0.1, 0.15) is 5.78 Å². The first-order chi connectivity index (χ1) is 9.95. The first-order valence-electron chi connectivity index (χ1n) is 8.64. The number of fused-ring (bicyclic) bond motifs is 5. The maximum Gasteiger partial charge on any atom is 0.139 e. The van der Waals surface area contributed by atoms with E-state index in [4.69, 9.17) is 5.73 Å². The largest absolute Gasteiger partial charge is 0.321 e. The molecule has 0 radical (unpaired) electrons. The van der Waals surface area contributed by atoms with E-state index in [0.29, 0.717) is 17.6 Å². The van der Waals surface area contributed by atoms with Crippen LogP contribution in [0.4, 0.5) is 0 Å². The van der Waals surface area contributed by atoms with E-state index in [2.05, 4.69) is 32.1 Å². The van der Waals surface area contributed by atoms with Crippen LogP contribution in [0.1, 0.15) is 52.4 Å². The monoisotopic (exact) mass is 285 g/mol. The molecule has 0 heterocycles. The highest BCUT2D eigenvalue weighted by Gasteiger charge is 2.58. The number of hydrogen-bond acceptors (Lipinski definition) is 2. The van der Waals surface area contributed by atoms with Crippen molar-refractivity contribution in [1.82, 2.24) is 0 Å². The normalized spacial score (nSPS) is 52.0. The van der Waals surface area contributed by atoms with Gasteiger partial charge in [0.05, 0.1) is 0 Å². The third kappa shape index (κ3) is 1.72. The second-order valence-corrected chi connectivity index (χ2v) is 8.24. The van der Waals surface area contributed by atoms with Gasteiger partial charge >= 0.3 is 0 Å². The predicted molar refractivity (Wildman–Crippen MR) is 84.6 cm³/mol. The van der Waals surface area contributed by atoms with Gasteiger partial charge in [0, 0.05) is 23.3 Å². The molecule has 3 saturated carbocycles. The Bertz CT molecular complexity index is 548. The Labute approximate surface area is 127 Å². The quantitative estimate of drug-likeness (QED) is 0.691. The lowest BCUT2D eigenvalue weighted by molar-refractivity contribution is -0.131. The highest BCUT2D eigenvalue weighted by molar-refractivity contribution is 5.87. The Kier molecular flexibility index (Phi) is 2.83. The molecule has 4 aliphatic rings. The van der Waals surface area contributed by atoms with Crippen LogP contribution in [0.3, 0.4) is 0 Å². The van der Waals surface area contributed by atoms with Crippen LogP contribution in [0.5, 0.6) is 0 Å². The molecule has 0 bridgehead atoms. The van der Waals surface area contributed by atoms with E-state index < -0.39 is 0 Å². The van der Waals surface area contributed by atoms with Crippen molar-refractivity contribution in [2.45, 2.75) is 58.4 Å². The minimum atomic E-state index is -0.00642. The Hall–Kier alpha value is -0.890. The fourth-order valence-corrected chi connectivity index (χ4v) is 6.13. The van der Waals surface area contributed by atoms with E-state index in [0.717, 1.165) is 25.2 Å². The summed E-state index contributed by atoms with van der Waals surface area (Å²) in [4.78, 5) is 12.4. The molecular weight excluding hydrogens is 258 g/mol. The third-order valence-corrected chi connectivity index (χ3v) is 7.41. The lowest BCUT2D eigenvalue weighted by atomic mass is 9.48. The Morgan fingerprint density at radius 2 is 1.95 bits per heavy atom. The second kappa shape index (κ2) is 4.32. The summed E-state index contributed by atoms with van der Waals surface area (Å²) in [6.07, 6.45) is 13.6. The number of carbonyl (C=O) groups excluding carboxylic acids is 1. The fourth-order valence-electron chi connectivity index (χ4n) is 6.13. The van der Waals surface area contributed by atoms with Crippen LogP contribution in [0.2, 0.25) is 0 Å². The summed E-state index contributed by atoms with van der Waals surface area (Å²) in [5.74, 6) is 2.62. The van der Waals surface area contributed by atoms with E-state index in [1.807, 2.05) is 0 Å². The Morgan fingerprint density at radius 1 is 1.14 bits per heavy atom. The van der Waals surface area contributed by atoms with Crippen LogP contribution in [-0.2, 0) is 4.79 Å². The van der Waals surface area contributed by atoms with Crippen LogP contribution >= 0.6 is 0 Å². The van der Waals surface area contributed by atoms with Crippen molar-refractivity contribution in [2.24, 2.45) is 34.3 Å². The number of allylic oxidation sites excluding steroid dienone is 2. The van der Waals surface area contributed by atoms with Crippen LogP contribution in [0, 0.1) is 28.6 Å². The van der Waals surface area contributed by atoms with Crippen LogP contribution < -0.4 is 5.73 Å². The lowest BCUT2D eigenvalue weighted by Crippen LogP contribution is -2.50. The number of Topliss-reactive ketones (excluding diaryl/α,β-unsaturated/α-hetero) is 1. The molecule has 2 heteroatoms. The second-order valence-electron chi connectivity index (χ2n) is 8.24. The molecule has 114 valence electrons.